The highest BCUT2D eigenvalue weighted by molar-refractivity contribution is 9.10. The van der Waals surface area contributed by atoms with Crippen LogP contribution in [0, 0.1) is 0 Å². The maximum absolute atomic E-state index is 11.6. The second kappa shape index (κ2) is 6.52. The fraction of sp³-hybridized carbons (Fsp3) is 0.267. The summed E-state index contributed by atoms with van der Waals surface area (Å²) in [4.78, 5) is 12.7. The van der Waals surface area contributed by atoms with Crippen molar-refractivity contribution in [2.75, 3.05) is 0 Å². The van der Waals surface area contributed by atoms with E-state index in [1.807, 2.05) is 41.8 Å². The van der Waals surface area contributed by atoms with Gasteiger partial charge in [0.05, 0.1) is 0 Å². The molecule has 0 aliphatic carbocycles. The van der Waals surface area contributed by atoms with Gasteiger partial charge in [0, 0.05) is 22.3 Å². The monoisotopic (exact) mass is 353 g/mol. The number of rotatable bonds is 6. The molecule has 0 spiro atoms. The molecule has 0 bridgehead atoms. The normalized spacial score (nSPS) is 13.9. The molecule has 0 saturated carbocycles. The van der Waals surface area contributed by atoms with Crippen LogP contribution in [0.2, 0.25) is 0 Å². The van der Waals surface area contributed by atoms with E-state index < -0.39 is 11.5 Å². The summed E-state index contributed by atoms with van der Waals surface area (Å²) in [7, 11) is 0. The summed E-state index contributed by atoms with van der Waals surface area (Å²) in [6, 6.07) is 11.7. The molecule has 106 valence electrons. The molecular weight excluding hydrogens is 338 g/mol. The van der Waals surface area contributed by atoms with Gasteiger partial charge in [0.1, 0.15) is 5.54 Å². The Hall–Kier alpha value is -1.17. The molecule has 1 heterocycles. The van der Waals surface area contributed by atoms with Crippen molar-refractivity contribution in [1.29, 1.82) is 0 Å². The maximum atomic E-state index is 11.6. The van der Waals surface area contributed by atoms with Crippen LogP contribution in [-0.2, 0) is 17.8 Å². The van der Waals surface area contributed by atoms with Crippen LogP contribution in [0.3, 0.4) is 0 Å². The SMILES string of the molecule is CC(Cc1ccc(Br)cc1)(NCc1cccs1)C(=O)O. The number of hydrogen-bond acceptors (Lipinski definition) is 3. The molecule has 0 amide bonds. The zero-order chi connectivity index (χ0) is 14.6. The van der Waals surface area contributed by atoms with E-state index in [1.165, 1.54) is 0 Å². The quantitative estimate of drug-likeness (QED) is 0.832. The first-order valence-electron chi connectivity index (χ1n) is 6.25. The van der Waals surface area contributed by atoms with Gasteiger partial charge in [-0.05, 0) is 36.1 Å². The van der Waals surface area contributed by atoms with Gasteiger partial charge >= 0.3 is 5.97 Å². The summed E-state index contributed by atoms with van der Waals surface area (Å²) in [5.41, 5.74) is 0.0226. The zero-order valence-electron chi connectivity index (χ0n) is 11.1. The number of carbonyl (C=O) groups is 1. The van der Waals surface area contributed by atoms with Crippen LogP contribution in [0.1, 0.15) is 17.4 Å². The molecule has 20 heavy (non-hydrogen) atoms. The number of aliphatic carboxylic acids is 1. The van der Waals surface area contributed by atoms with Gasteiger partial charge in [0.15, 0.2) is 0 Å². The number of halogens is 1. The first-order valence-corrected chi connectivity index (χ1v) is 7.92. The second-order valence-electron chi connectivity index (χ2n) is 4.87. The Balaban J connectivity index is 2.08. The Morgan fingerprint density at radius 1 is 1.35 bits per heavy atom. The van der Waals surface area contributed by atoms with E-state index in [0.29, 0.717) is 13.0 Å². The third-order valence-electron chi connectivity index (χ3n) is 3.18. The highest BCUT2D eigenvalue weighted by Gasteiger charge is 2.32. The van der Waals surface area contributed by atoms with Crippen LogP contribution in [-0.4, -0.2) is 16.6 Å². The van der Waals surface area contributed by atoms with Crippen LogP contribution >= 0.6 is 27.3 Å². The van der Waals surface area contributed by atoms with Gasteiger partial charge in [-0.15, -0.1) is 11.3 Å². The van der Waals surface area contributed by atoms with Gasteiger partial charge in [-0.25, -0.2) is 0 Å². The Morgan fingerprint density at radius 3 is 2.60 bits per heavy atom. The number of carboxylic acids is 1. The lowest BCUT2D eigenvalue weighted by Crippen LogP contribution is -2.50. The molecular formula is C15H16BrNO2S. The van der Waals surface area contributed by atoms with Gasteiger partial charge in [-0.1, -0.05) is 34.1 Å². The van der Waals surface area contributed by atoms with E-state index in [0.717, 1.165) is 14.9 Å². The number of nitrogens with one attached hydrogen (secondary N) is 1. The third kappa shape index (κ3) is 3.91. The summed E-state index contributed by atoms with van der Waals surface area (Å²) in [5, 5.41) is 14.7. The van der Waals surface area contributed by atoms with E-state index in [4.69, 9.17) is 0 Å². The van der Waals surface area contributed by atoms with Gasteiger partial charge in [-0.3, -0.25) is 10.1 Å². The molecule has 2 rings (SSSR count). The summed E-state index contributed by atoms with van der Waals surface area (Å²) < 4.78 is 0.991. The van der Waals surface area contributed by atoms with Crippen molar-refractivity contribution in [3.05, 3.63) is 56.7 Å². The van der Waals surface area contributed by atoms with Gasteiger partial charge in [0.25, 0.3) is 0 Å². The molecule has 0 aliphatic rings. The van der Waals surface area contributed by atoms with Crippen molar-refractivity contribution < 1.29 is 9.90 Å². The van der Waals surface area contributed by atoms with Crippen LogP contribution in [0.5, 0.6) is 0 Å². The molecule has 1 aromatic carbocycles. The largest absolute Gasteiger partial charge is 0.480 e. The number of hydrogen-bond donors (Lipinski definition) is 2. The molecule has 2 aromatic rings. The molecule has 5 heteroatoms. The molecule has 0 aliphatic heterocycles. The molecule has 1 unspecified atom stereocenters. The first kappa shape index (κ1) is 15.2. The highest BCUT2D eigenvalue weighted by Crippen LogP contribution is 2.18. The van der Waals surface area contributed by atoms with E-state index in [1.54, 1.807) is 18.3 Å². The van der Waals surface area contributed by atoms with E-state index in [9.17, 15) is 9.90 Å². The van der Waals surface area contributed by atoms with E-state index >= 15 is 0 Å². The van der Waals surface area contributed by atoms with Crippen molar-refractivity contribution in [3.63, 3.8) is 0 Å². The van der Waals surface area contributed by atoms with Crippen molar-refractivity contribution in [2.45, 2.75) is 25.4 Å². The van der Waals surface area contributed by atoms with E-state index in [-0.39, 0.29) is 0 Å². The van der Waals surface area contributed by atoms with Gasteiger partial charge in [0.2, 0.25) is 0 Å². The lowest BCUT2D eigenvalue weighted by Gasteiger charge is -2.26. The molecule has 0 saturated heterocycles. The van der Waals surface area contributed by atoms with Gasteiger partial charge < -0.3 is 5.11 Å². The minimum Gasteiger partial charge on any atom is -0.480 e. The fourth-order valence-corrected chi connectivity index (χ4v) is 2.83. The van der Waals surface area contributed by atoms with Gasteiger partial charge in [-0.2, -0.15) is 0 Å². The highest BCUT2D eigenvalue weighted by atomic mass is 79.9. The molecule has 2 N–H and O–H groups in total. The molecule has 3 nitrogen and oxygen atoms in total. The average molecular weight is 354 g/mol. The minimum atomic E-state index is -0.974. The van der Waals surface area contributed by atoms with Crippen LogP contribution < -0.4 is 5.32 Å². The van der Waals surface area contributed by atoms with Crippen molar-refractivity contribution in [1.82, 2.24) is 5.32 Å². The average Bonchev–Trinajstić information content (AvgIpc) is 2.92. The summed E-state index contributed by atoms with van der Waals surface area (Å²) in [6.07, 6.45) is 0.445. The second-order valence-corrected chi connectivity index (χ2v) is 6.82. The van der Waals surface area contributed by atoms with Crippen molar-refractivity contribution in [2.24, 2.45) is 0 Å². The maximum Gasteiger partial charge on any atom is 0.323 e. The molecule has 0 fully saturated rings. The standard InChI is InChI=1S/C15H16BrNO2S/c1-15(14(18)19,17-10-13-3-2-8-20-13)9-11-4-6-12(16)7-5-11/h2-8,17H,9-10H2,1H3,(H,18,19). The van der Waals surface area contributed by atoms with Crippen LogP contribution in [0.4, 0.5) is 0 Å². The Morgan fingerprint density at radius 2 is 2.05 bits per heavy atom. The van der Waals surface area contributed by atoms with Crippen molar-refractivity contribution >= 4 is 33.2 Å². The Bertz CT molecular complexity index is 568. The summed E-state index contributed by atoms with van der Waals surface area (Å²) in [5.74, 6) is -0.836. The molecule has 1 atom stereocenters. The molecule has 0 radical (unpaired) electrons. The Kier molecular flexibility index (Phi) is 4.96. The lowest BCUT2D eigenvalue weighted by molar-refractivity contribution is -0.144. The number of thiophene rings is 1. The van der Waals surface area contributed by atoms with Crippen molar-refractivity contribution in [3.8, 4) is 0 Å². The number of benzene rings is 1. The summed E-state index contributed by atoms with van der Waals surface area (Å²) >= 11 is 5.00. The third-order valence-corrected chi connectivity index (χ3v) is 4.58. The van der Waals surface area contributed by atoms with E-state index in [2.05, 4.69) is 21.2 Å². The Labute approximate surface area is 130 Å². The fourth-order valence-electron chi connectivity index (χ4n) is 1.92. The van der Waals surface area contributed by atoms with Crippen LogP contribution in [0.25, 0.3) is 0 Å². The topological polar surface area (TPSA) is 49.3 Å². The van der Waals surface area contributed by atoms with Crippen LogP contribution in [0.15, 0.2) is 46.3 Å². The molecule has 1 aromatic heterocycles. The minimum absolute atomic E-state index is 0.445. The number of carboxylic acid groups (broad SMARTS) is 1. The predicted molar refractivity (Wildman–Crippen MR) is 85.0 cm³/mol. The smallest absolute Gasteiger partial charge is 0.323 e. The predicted octanol–water partition coefficient (Wildman–Crippen LogP) is 3.69. The first-order chi connectivity index (χ1) is 9.49. The zero-order valence-corrected chi connectivity index (χ0v) is 13.5. The summed E-state index contributed by atoms with van der Waals surface area (Å²) in [6.45, 7) is 2.29. The lowest BCUT2D eigenvalue weighted by atomic mass is 9.93.